The van der Waals surface area contributed by atoms with Crippen LogP contribution >= 0.6 is 0 Å². The number of allylic oxidation sites excluding steroid dienone is 1. The third-order valence-electron chi connectivity index (χ3n) is 7.13. The van der Waals surface area contributed by atoms with Crippen molar-refractivity contribution in [1.29, 1.82) is 0 Å². The van der Waals surface area contributed by atoms with Gasteiger partial charge in [-0.25, -0.2) is 0 Å². The number of ether oxygens (including phenoxy) is 1. The van der Waals surface area contributed by atoms with E-state index in [9.17, 15) is 4.79 Å². The first kappa shape index (κ1) is 22.1. The van der Waals surface area contributed by atoms with Gasteiger partial charge in [0.25, 0.3) is 0 Å². The Balaban J connectivity index is 1.52. The summed E-state index contributed by atoms with van der Waals surface area (Å²) in [6.07, 6.45) is 5.55. The molecule has 0 saturated carbocycles. The Morgan fingerprint density at radius 3 is 2.42 bits per heavy atom. The molecule has 1 atom stereocenters. The van der Waals surface area contributed by atoms with Crippen LogP contribution in [0.25, 0.3) is 0 Å². The van der Waals surface area contributed by atoms with E-state index >= 15 is 0 Å². The van der Waals surface area contributed by atoms with Gasteiger partial charge in [0.05, 0.1) is 19.3 Å². The van der Waals surface area contributed by atoms with E-state index in [-0.39, 0.29) is 5.91 Å². The number of hydrogen-bond acceptors (Lipinski definition) is 4. The number of methoxy groups -OCH3 is 1. The van der Waals surface area contributed by atoms with Crippen LogP contribution in [-0.2, 0) is 16.0 Å². The summed E-state index contributed by atoms with van der Waals surface area (Å²) in [7, 11) is 3.98. The Morgan fingerprint density at radius 1 is 1.06 bits per heavy atom. The fourth-order valence-corrected chi connectivity index (χ4v) is 5.08. The lowest BCUT2D eigenvalue weighted by molar-refractivity contribution is -0.128. The molecular formula is C26H37N3O2. The highest BCUT2D eigenvalue weighted by Gasteiger charge is 2.35. The summed E-state index contributed by atoms with van der Waals surface area (Å²) >= 11 is 0. The Kier molecular flexibility index (Phi) is 6.83. The number of carbonyl (C=O) groups excluding carboxylic acids is 1. The molecule has 0 spiro atoms. The first-order chi connectivity index (χ1) is 15.0. The van der Waals surface area contributed by atoms with Gasteiger partial charge in [0.15, 0.2) is 0 Å². The van der Waals surface area contributed by atoms with Crippen molar-refractivity contribution in [2.75, 3.05) is 46.9 Å². The molecule has 1 saturated heterocycles. The number of likely N-dealkylation sites (N-methyl/N-ethyl adjacent to an activating group) is 1. The topological polar surface area (TPSA) is 36.0 Å². The molecule has 168 valence electrons. The molecule has 5 heteroatoms. The van der Waals surface area contributed by atoms with Crippen molar-refractivity contribution in [3.05, 3.63) is 58.5 Å². The third-order valence-corrected chi connectivity index (χ3v) is 7.13. The van der Waals surface area contributed by atoms with Crippen molar-refractivity contribution in [3.8, 4) is 0 Å². The van der Waals surface area contributed by atoms with Crippen LogP contribution in [0.15, 0.2) is 47.4 Å². The second kappa shape index (κ2) is 9.58. The van der Waals surface area contributed by atoms with E-state index < -0.39 is 0 Å². The number of benzene rings is 1. The number of piperazine rings is 1. The summed E-state index contributed by atoms with van der Waals surface area (Å²) in [6, 6.07) is 8.90. The Hall–Kier alpha value is -2.11. The van der Waals surface area contributed by atoms with Gasteiger partial charge in [0.2, 0.25) is 5.91 Å². The molecule has 1 aliphatic carbocycles. The maximum absolute atomic E-state index is 13.2. The molecule has 0 radical (unpaired) electrons. The van der Waals surface area contributed by atoms with Crippen LogP contribution in [0, 0.1) is 0 Å². The average Bonchev–Trinajstić information content (AvgIpc) is 2.79. The molecule has 2 aliphatic heterocycles. The van der Waals surface area contributed by atoms with Crippen LogP contribution in [0.1, 0.15) is 50.2 Å². The smallest absolute Gasteiger partial charge is 0.230 e. The third kappa shape index (κ3) is 4.88. The summed E-state index contributed by atoms with van der Waals surface area (Å²) in [6.45, 7) is 9.52. The summed E-state index contributed by atoms with van der Waals surface area (Å²) in [4.78, 5) is 20.1. The van der Waals surface area contributed by atoms with Crippen molar-refractivity contribution in [2.24, 2.45) is 0 Å². The highest BCUT2D eigenvalue weighted by molar-refractivity contribution is 5.80. The van der Waals surface area contributed by atoms with E-state index in [0.717, 1.165) is 63.3 Å². The maximum atomic E-state index is 13.2. The van der Waals surface area contributed by atoms with E-state index in [0.29, 0.717) is 18.4 Å². The quantitative estimate of drug-likeness (QED) is 0.722. The lowest BCUT2D eigenvalue weighted by atomic mass is 9.83. The van der Waals surface area contributed by atoms with Gasteiger partial charge < -0.3 is 14.5 Å². The van der Waals surface area contributed by atoms with Crippen molar-refractivity contribution < 1.29 is 9.53 Å². The van der Waals surface area contributed by atoms with Crippen LogP contribution in [0.2, 0.25) is 0 Å². The highest BCUT2D eigenvalue weighted by Crippen LogP contribution is 2.38. The number of nitrogens with zero attached hydrogens (tertiary/aromatic N) is 3. The van der Waals surface area contributed by atoms with Gasteiger partial charge in [0, 0.05) is 51.4 Å². The SMILES string of the molecule is COC1=C2CCN(C(=O)Cc3ccc(C(C)C)cc3)C=C2C(N2CCN(C)CC2)CC1. The fourth-order valence-electron chi connectivity index (χ4n) is 5.08. The molecular weight excluding hydrogens is 386 g/mol. The molecule has 5 nitrogen and oxygen atoms in total. The number of rotatable bonds is 5. The lowest BCUT2D eigenvalue weighted by Gasteiger charge is -2.43. The molecule has 0 bridgehead atoms. The van der Waals surface area contributed by atoms with Crippen LogP contribution in [-0.4, -0.2) is 73.5 Å². The molecule has 0 aromatic heterocycles. The summed E-state index contributed by atoms with van der Waals surface area (Å²) in [5, 5.41) is 0. The number of hydrogen-bond donors (Lipinski definition) is 0. The Morgan fingerprint density at radius 2 is 1.77 bits per heavy atom. The van der Waals surface area contributed by atoms with Crippen molar-refractivity contribution >= 4 is 5.91 Å². The molecule has 1 aromatic rings. The minimum atomic E-state index is 0.186. The van der Waals surface area contributed by atoms with Gasteiger partial charge in [-0.2, -0.15) is 0 Å². The normalized spacial score (nSPS) is 23.1. The molecule has 2 heterocycles. The largest absolute Gasteiger partial charge is 0.501 e. The number of amides is 1. The second-order valence-electron chi connectivity index (χ2n) is 9.49. The predicted octanol–water partition coefficient (Wildman–Crippen LogP) is 3.78. The van der Waals surface area contributed by atoms with E-state index in [2.05, 4.69) is 61.2 Å². The molecule has 1 amide bonds. The van der Waals surface area contributed by atoms with Crippen LogP contribution in [0.3, 0.4) is 0 Å². The zero-order valence-corrected chi connectivity index (χ0v) is 19.6. The molecule has 4 rings (SSSR count). The molecule has 31 heavy (non-hydrogen) atoms. The average molecular weight is 424 g/mol. The zero-order chi connectivity index (χ0) is 22.0. The lowest BCUT2D eigenvalue weighted by Crippen LogP contribution is -2.51. The Bertz CT molecular complexity index is 848. The first-order valence-electron chi connectivity index (χ1n) is 11.7. The van der Waals surface area contributed by atoms with Gasteiger partial charge in [0.1, 0.15) is 0 Å². The van der Waals surface area contributed by atoms with Gasteiger partial charge >= 0.3 is 0 Å². The predicted molar refractivity (Wildman–Crippen MR) is 125 cm³/mol. The minimum absolute atomic E-state index is 0.186. The van der Waals surface area contributed by atoms with Gasteiger partial charge in [-0.1, -0.05) is 38.1 Å². The standard InChI is InChI=1S/C26H37N3O2/c1-19(2)21-7-5-20(6-8-21)17-26(30)29-12-11-22-23(18-29)24(9-10-25(22)31-4)28-15-13-27(3)14-16-28/h5-8,18-19,24H,9-17H2,1-4H3. The second-order valence-corrected chi connectivity index (χ2v) is 9.49. The summed E-state index contributed by atoms with van der Waals surface area (Å²) < 4.78 is 5.74. The van der Waals surface area contributed by atoms with Crippen molar-refractivity contribution in [1.82, 2.24) is 14.7 Å². The minimum Gasteiger partial charge on any atom is -0.501 e. The van der Waals surface area contributed by atoms with Gasteiger partial charge in [-0.15, -0.1) is 0 Å². The molecule has 0 N–H and O–H groups in total. The van der Waals surface area contributed by atoms with Crippen molar-refractivity contribution in [2.45, 2.75) is 51.5 Å². The van der Waals surface area contributed by atoms with Crippen LogP contribution < -0.4 is 0 Å². The highest BCUT2D eigenvalue weighted by atomic mass is 16.5. The summed E-state index contributed by atoms with van der Waals surface area (Å²) in [5.41, 5.74) is 5.05. The fraction of sp³-hybridized carbons (Fsp3) is 0.577. The monoisotopic (exact) mass is 423 g/mol. The van der Waals surface area contributed by atoms with E-state index in [1.165, 1.54) is 16.7 Å². The van der Waals surface area contributed by atoms with Gasteiger partial charge in [-0.05, 0) is 48.1 Å². The van der Waals surface area contributed by atoms with Crippen LogP contribution in [0.4, 0.5) is 0 Å². The first-order valence-corrected chi connectivity index (χ1v) is 11.7. The van der Waals surface area contributed by atoms with E-state index in [1.807, 2.05) is 4.90 Å². The maximum Gasteiger partial charge on any atom is 0.230 e. The molecule has 1 aromatic carbocycles. The molecule has 3 aliphatic rings. The Labute approximate surface area is 187 Å². The number of fused-ring (bicyclic) bond motifs is 1. The van der Waals surface area contributed by atoms with Crippen molar-refractivity contribution in [3.63, 3.8) is 0 Å². The van der Waals surface area contributed by atoms with Gasteiger partial charge in [-0.3, -0.25) is 9.69 Å². The molecule has 1 unspecified atom stereocenters. The molecule has 1 fully saturated rings. The number of carbonyl (C=O) groups is 1. The zero-order valence-electron chi connectivity index (χ0n) is 19.6. The summed E-state index contributed by atoms with van der Waals surface area (Å²) in [5.74, 6) is 1.81. The van der Waals surface area contributed by atoms with Crippen LogP contribution in [0.5, 0.6) is 0 Å². The van der Waals surface area contributed by atoms with E-state index in [1.54, 1.807) is 7.11 Å². The van der Waals surface area contributed by atoms with E-state index in [4.69, 9.17) is 4.74 Å².